The third-order valence-electron chi connectivity index (χ3n) is 4.23. The van der Waals surface area contributed by atoms with Crippen LogP contribution in [0.5, 0.6) is 0 Å². The average molecular weight is 320 g/mol. The number of esters is 1. The number of carbonyl (C=O) groups is 2. The number of hydrogen-bond acceptors (Lipinski definition) is 4. The molecule has 2 aromatic heterocycles. The molecule has 0 spiro atoms. The highest BCUT2D eigenvalue weighted by Gasteiger charge is 2.24. The van der Waals surface area contributed by atoms with E-state index in [1.54, 1.807) is 22.8 Å². The minimum atomic E-state index is -0.777. The maximum atomic E-state index is 12.3. The van der Waals surface area contributed by atoms with Crippen LogP contribution in [0, 0.1) is 0 Å². The average Bonchev–Trinajstić information content (AvgIpc) is 3.18. The van der Waals surface area contributed by atoms with E-state index in [1.807, 2.05) is 24.6 Å². The predicted octanol–water partition coefficient (Wildman–Crippen LogP) is 2.84. The normalized spacial score (nSPS) is 16.8. The molecule has 2 aromatic rings. The number of thiophene rings is 1. The van der Waals surface area contributed by atoms with Gasteiger partial charge >= 0.3 is 5.97 Å². The molecule has 0 bridgehead atoms. The van der Waals surface area contributed by atoms with Crippen molar-refractivity contribution in [3.8, 4) is 0 Å². The molecule has 0 aliphatic heterocycles. The monoisotopic (exact) mass is 320 g/mol. The molecule has 118 valence electrons. The molecule has 6 heteroatoms. The number of aromatic nitrogens is 1. The molecular weight excluding hydrogens is 300 g/mol. The van der Waals surface area contributed by atoms with Gasteiger partial charge in [-0.3, -0.25) is 4.79 Å². The summed E-state index contributed by atoms with van der Waals surface area (Å²) in [5.74, 6) is -0.670. The van der Waals surface area contributed by atoms with Gasteiger partial charge in [0.1, 0.15) is 5.69 Å². The molecule has 1 aliphatic rings. The Kier molecular flexibility index (Phi) is 4.20. The quantitative estimate of drug-likeness (QED) is 0.881. The number of amides is 1. The Bertz CT molecular complexity index is 697. The van der Waals surface area contributed by atoms with Crippen LogP contribution in [0.1, 0.15) is 43.1 Å². The minimum absolute atomic E-state index is 0.212. The van der Waals surface area contributed by atoms with Gasteiger partial charge in [-0.1, -0.05) is 12.8 Å². The largest absolute Gasteiger partial charge is 0.448 e. The highest BCUT2D eigenvalue weighted by atomic mass is 32.1. The lowest BCUT2D eigenvalue weighted by atomic mass is 10.2. The smallest absolute Gasteiger partial charge is 0.355 e. The SMILES string of the molecule is C[C@H](OC(=O)c1cc2sccc2n1C)C(=O)NC1CCCC1. The second-order valence-electron chi connectivity index (χ2n) is 5.80. The van der Waals surface area contributed by atoms with Gasteiger partial charge in [-0.25, -0.2) is 4.79 Å². The first kappa shape index (κ1) is 15.1. The van der Waals surface area contributed by atoms with Crippen LogP contribution < -0.4 is 5.32 Å². The Morgan fingerprint density at radius 3 is 2.82 bits per heavy atom. The zero-order valence-corrected chi connectivity index (χ0v) is 13.6. The molecule has 22 heavy (non-hydrogen) atoms. The van der Waals surface area contributed by atoms with Gasteiger partial charge in [0.25, 0.3) is 5.91 Å². The van der Waals surface area contributed by atoms with E-state index in [2.05, 4.69) is 5.32 Å². The van der Waals surface area contributed by atoms with Crippen molar-refractivity contribution in [2.75, 3.05) is 0 Å². The number of rotatable bonds is 4. The first-order valence-electron chi connectivity index (χ1n) is 7.60. The van der Waals surface area contributed by atoms with Gasteiger partial charge in [-0.2, -0.15) is 0 Å². The van der Waals surface area contributed by atoms with Gasteiger partial charge in [-0.15, -0.1) is 11.3 Å². The zero-order valence-electron chi connectivity index (χ0n) is 12.8. The first-order chi connectivity index (χ1) is 10.6. The molecule has 1 N–H and O–H groups in total. The Morgan fingerprint density at radius 2 is 2.14 bits per heavy atom. The van der Waals surface area contributed by atoms with Gasteiger partial charge in [0.2, 0.25) is 0 Å². The molecular formula is C16H20N2O3S. The lowest BCUT2D eigenvalue weighted by Gasteiger charge is -2.17. The third-order valence-corrected chi connectivity index (χ3v) is 5.08. The fraction of sp³-hybridized carbons (Fsp3) is 0.500. The number of hydrogen-bond donors (Lipinski definition) is 1. The van der Waals surface area contributed by atoms with Gasteiger partial charge in [0.05, 0.1) is 10.2 Å². The van der Waals surface area contributed by atoms with Crippen LogP contribution in [-0.4, -0.2) is 28.6 Å². The third kappa shape index (κ3) is 2.88. The van der Waals surface area contributed by atoms with Crippen LogP contribution in [-0.2, 0) is 16.6 Å². The van der Waals surface area contributed by atoms with Crippen LogP contribution in [0.2, 0.25) is 0 Å². The van der Waals surface area contributed by atoms with Gasteiger partial charge < -0.3 is 14.6 Å². The van der Waals surface area contributed by atoms with E-state index in [1.165, 1.54) is 0 Å². The Labute approximate surface area is 133 Å². The van der Waals surface area contributed by atoms with E-state index in [0.717, 1.165) is 35.9 Å². The summed E-state index contributed by atoms with van der Waals surface area (Å²) in [7, 11) is 1.83. The second-order valence-corrected chi connectivity index (χ2v) is 6.74. The highest BCUT2D eigenvalue weighted by molar-refractivity contribution is 7.17. The van der Waals surface area contributed by atoms with E-state index in [9.17, 15) is 9.59 Å². The van der Waals surface area contributed by atoms with Crippen LogP contribution in [0.15, 0.2) is 17.5 Å². The topological polar surface area (TPSA) is 60.3 Å². The van der Waals surface area contributed by atoms with Gasteiger partial charge in [0.15, 0.2) is 6.10 Å². The summed E-state index contributed by atoms with van der Waals surface area (Å²) in [4.78, 5) is 24.3. The molecule has 0 aromatic carbocycles. The Hall–Kier alpha value is -1.82. The lowest BCUT2D eigenvalue weighted by molar-refractivity contribution is -0.129. The number of nitrogens with one attached hydrogen (secondary N) is 1. The number of aryl methyl sites for hydroxylation is 1. The van der Waals surface area contributed by atoms with Crippen molar-refractivity contribution in [3.05, 3.63) is 23.2 Å². The summed E-state index contributed by atoms with van der Waals surface area (Å²) in [6, 6.07) is 4.01. The summed E-state index contributed by atoms with van der Waals surface area (Å²) in [5, 5.41) is 4.93. The number of fused-ring (bicyclic) bond motifs is 1. The van der Waals surface area contributed by atoms with Crippen molar-refractivity contribution in [1.29, 1.82) is 0 Å². The van der Waals surface area contributed by atoms with E-state index >= 15 is 0 Å². The van der Waals surface area contributed by atoms with Crippen LogP contribution in [0.3, 0.4) is 0 Å². The van der Waals surface area contributed by atoms with Crippen molar-refractivity contribution in [2.24, 2.45) is 7.05 Å². The van der Waals surface area contributed by atoms with E-state index < -0.39 is 12.1 Å². The van der Waals surface area contributed by atoms with Gasteiger partial charge in [0, 0.05) is 13.1 Å². The van der Waals surface area contributed by atoms with Crippen molar-refractivity contribution in [2.45, 2.75) is 44.8 Å². The summed E-state index contributed by atoms with van der Waals surface area (Å²) >= 11 is 1.58. The van der Waals surface area contributed by atoms with E-state index in [0.29, 0.717) is 5.69 Å². The number of ether oxygens (including phenoxy) is 1. The molecule has 0 unspecified atom stereocenters. The Balaban J connectivity index is 1.63. The van der Waals surface area contributed by atoms with E-state index in [4.69, 9.17) is 4.74 Å². The Morgan fingerprint density at radius 1 is 1.41 bits per heavy atom. The fourth-order valence-electron chi connectivity index (χ4n) is 2.91. The summed E-state index contributed by atoms with van der Waals surface area (Å²) in [6.45, 7) is 1.62. The molecule has 5 nitrogen and oxygen atoms in total. The molecule has 1 atom stereocenters. The first-order valence-corrected chi connectivity index (χ1v) is 8.48. The van der Waals surface area contributed by atoms with Crippen LogP contribution in [0.25, 0.3) is 10.2 Å². The molecule has 0 radical (unpaired) electrons. The van der Waals surface area contributed by atoms with E-state index in [-0.39, 0.29) is 11.9 Å². The molecule has 0 saturated heterocycles. The zero-order chi connectivity index (χ0) is 15.7. The molecule has 2 heterocycles. The van der Waals surface area contributed by atoms with Crippen molar-refractivity contribution < 1.29 is 14.3 Å². The fourth-order valence-corrected chi connectivity index (χ4v) is 3.76. The highest BCUT2D eigenvalue weighted by Crippen LogP contribution is 2.24. The summed E-state index contributed by atoms with van der Waals surface area (Å²) < 4.78 is 8.16. The van der Waals surface area contributed by atoms with Crippen LogP contribution >= 0.6 is 11.3 Å². The molecule has 1 amide bonds. The maximum absolute atomic E-state index is 12.3. The van der Waals surface area contributed by atoms with Crippen molar-refractivity contribution >= 4 is 33.4 Å². The number of carbonyl (C=O) groups excluding carboxylic acids is 2. The summed E-state index contributed by atoms with van der Waals surface area (Å²) in [6.07, 6.45) is 3.56. The predicted molar refractivity (Wildman–Crippen MR) is 86.1 cm³/mol. The standard InChI is InChI=1S/C16H20N2O3S/c1-10(15(19)17-11-5-3-4-6-11)21-16(20)13-9-14-12(18(13)2)7-8-22-14/h7-11H,3-6H2,1-2H3,(H,17,19)/t10-/m0/s1. The molecule has 1 saturated carbocycles. The summed E-state index contributed by atoms with van der Waals surface area (Å²) in [5.41, 5.74) is 1.47. The maximum Gasteiger partial charge on any atom is 0.355 e. The number of nitrogens with zero attached hydrogens (tertiary/aromatic N) is 1. The van der Waals surface area contributed by atoms with Crippen molar-refractivity contribution in [3.63, 3.8) is 0 Å². The second kappa shape index (κ2) is 6.12. The molecule has 1 fully saturated rings. The molecule has 1 aliphatic carbocycles. The lowest BCUT2D eigenvalue weighted by Crippen LogP contribution is -2.41. The van der Waals surface area contributed by atoms with Crippen LogP contribution in [0.4, 0.5) is 0 Å². The molecule has 3 rings (SSSR count). The van der Waals surface area contributed by atoms with Gasteiger partial charge in [-0.05, 0) is 37.3 Å². The van der Waals surface area contributed by atoms with Crippen molar-refractivity contribution in [1.82, 2.24) is 9.88 Å². The minimum Gasteiger partial charge on any atom is -0.448 e.